The van der Waals surface area contributed by atoms with Crippen LogP contribution in [0.4, 0.5) is 4.39 Å². The molecule has 0 heterocycles. The molecular formula is C27H17FN4O2. The molecule has 0 radical (unpaired) electrons. The lowest BCUT2D eigenvalue weighted by molar-refractivity contribution is 0.0951. The van der Waals surface area contributed by atoms with Crippen LogP contribution in [-0.2, 0) is 6.61 Å². The number of amides is 1. The first-order valence-corrected chi connectivity index (χ1v) is 10.3. The highest BCUT2D eigenvalue weighted by molar-refractivity contribution is 6.03. The first-order valence-electron chi connectivity index (χ1n) is 10.3. The van der Waals surface area contributed by atoms with E-state index < -0.39 is 11.7 Å². The summed E-state index contributed by atoms with van der Waals surface area (Å²) in [5.74, 6) is -1.05. The molecule has 0 unspecified atom stereocenters. The summed E-state index contributed by atoms with van der Waals surface area (Å²) in [7, 11) is 0. The highest BCUT2D eigenvalue weighted by atomic mass is 19.1. The molecule has 1 amide bonds. The second-order valence-corrected chi connectivity index (χ2v) is 7.26. The molecule has 0 aliphatic carbocycles. The van der Waals surface area contributed by atoms with Crippen molar-refractivity contribution in [3.8, 4) is 17.9 Å². The Hall–Kier alpha value is -5.01. The molecule has 0 atom stereocenters. The Balaban J connectivity index is 1.60. The molecule has 6 nitrogen and oxygen atoms in total. The summed E-state index contributed by atoms with van der Waals surface area (Å²) in [6.07, 6.45) is 1.44. The predicted molar refractivity (Wildman–Crippen MR) is 126 cm³/mol. The van der Waals surface area contributed by atoms with Gasteiger partial charge in [-0.25, -0.2) is 9.82 Å². The van der Waals surface area contributed by atoms with E-state index in [2.05, 4.69) is 16.6 Å². The van der Waals surface area contributed by atoms with E-state index in [0.29, 0.717) is 16.9 Å². The molecule has 0 aromatic heterocycles. The molecule has 4 aromatic carbocycles. The Bertz CT molecular complexity index is 1500. The number of hydrazone groups is 1. The average molecular weight is 448 g/mol. The zero-order valence-electron chi connectivity index (χ0n) is 17.8. The SMILES string of the molecule is N#Cc1ccc(C(=O)N/N=C\c2c(OCc3ccccc3C#N)ccc3ccccc23)c(F)c1. The molecule has 0 fully saturated rings. The lowest BCUT2D eigenvalue weighted by Crippen LogP contribution is -2.19. The molecule has 0 aliphatic rings. The van der Waals surface area contributed by atoms with Crippen LogP contribution in [0.1, 0.15) is 32.6 Å². The molecule has 7 heteroatoms. The topological polar surface area (TPSA) is 98.3 Å². The lowest BCUT2D eigenvalue weighted by atomic mass is 10.0. The van der Waals surface area contributed by atoms with E-state index >= 15 is 0 Å². The van der Waals surface area contributed by atoms with E-state index in [1.165, 1.54) is 18.3 Å². The standard InChI is InChI=1S/C27H17FN4O2/c28-25-13-18(14-29)9-11-23(25)27(33)32-31-16-24-22-8-4-3-5-19(22)10-12-26(24)34-17-21-7-2-1-6-20(21)15-30/h1-13,16H,17H2,(H,32,33)/b31-16-. The second-order valence-electron chi connectivity index (χ2n) is 7.26. The maximum Gasteiger partial charge on any atom is 0.274 e. The van der Waals surface area contributed by atoms with Crippen molar-refractivity contribution in [1.82, 2.24) is 5.43 Å². The van der Waals surface area contributed by atoms with Crippen LogP contribution in [-0.4, -0.2) is 12.1 Å². The molecule has 164 valence electrons. The van der Waals surface area contributed by atoms with E-state index in [1.54, 1.807) is 18.2 Å². The van der Waals surface area contributed by atoms with E-state index in [-0.39, 0.29) is 17.7 Å². The molecule has 1 N–H and O–H groups in total. The predicted octanol–water partition coefficient (Wildman–Crippen LogP) is 5.07. The van der Waals surface area contributed by atoms with E-state index in [9.17, 15) is 14.4 Å². The third-order valence-corrected chi connectivity index (χ3v) is 5.15. The van der Waals surface area contributed by atoms with Crippen LogP contribution in [0.3, 0.4) is 0 Å². The minimum atomic E-state index is -0.808. The smallest absolute Gasteiger partial charge is 0.274 e. The van der Waals surface area contributed by atoms with Gasteiger partial charge in [0.25, 0.3) is 5.91 Å². The van der Waals surface area contributed by atoms with E-state index in [1.807, 2.05) is 48.5 Å². The zero-order chi connectivity index (χ0) is 23.9. The van der Waals surface area contributed by atoms with Gasteiger partial charge in [-0.3, -0.25) is 4.79 Å². The van der Waals surface area contributed by atoms with Crippen molar-refractivity contribution >= 4 is 22.9 Å². The Morgan fingerprint density at radius 2 is 1.79 bits per heavy atom. The lowest BCUT2D eigenvalue weighted by Gasteiger charge is -2.12. The normalized spacial score (nSPS) is 10.6. The number of ether oxygens (including phenoxy) is 1. The Labute approximate surface area is 195 Å². The van der Waals surface area contributed by atoms with Crippen LogP contribution >= 0.6 is 0 Å². The highest BCUT2D eigenvalue weighted by Crippen LogP contribution is 2.27. The van der Waals surface area contributed by atoms with Gasteiger partial charge in [0.2, 0.25) is 0 Å². The van der Waals surface area contributed by atoms with Crippen molar-refractivity contribution in [2.75, 3.05) is 0 Å². The average Bonchev–Trinajstić information content (AvgIpc) is 2.87. The minimum absolute atomic E-state index is 0.119. The fourth-order valence-electron chi connectivity index (χ4n) is 3.43. The summed E-state index contributed by atoms with van der Waals surface area (Å²) in [4.78, 5) is 12.4. The maximum absolute atomic E-state index is 14.1. The molecule has 0 saturated heterocycles. The van der Waals surface area contributed by atoms with Gasteiger partial charge in [0.15, 0.2) is 0 Å². The quantitative estimate of drug-likeness (QED) is 0.329. The van der Waals surface area contributed by atoms with Crippen molar-refractivity contribution < 1.29 is 13.9 Å². The van der Waals surface area contributed by atoms with Crippen LogP contribution in [0.2, 0.25) is 0 Å². The van der Waals surface area contributed by atoms with Crippen LogP contribution < -0.4 is 10.2 Å². The first-order chi connectivity index (χ1) is 16.6. The summed E-state index contributed by atoms with van der Waals surface area (Å²) in [5.41, 5.74) is 4.10. The fourth-order valence-corrected chi connectivity index (χ4v) is 3.43. The molecule has 0 saturated carbocycles. The number of nitrogens with one attached hydrogen (secondary N) is 1. The van der Waals surface area contributed by atoms with Crippen molar-refractivity contribution in [3.63, 3.8) is 0 Å². The van der Waals surface area contributed by atoms with Gasteiger partial charge in [-0.2, -0.15) is 15.6 Å². The number of rotatable bonds is 6. The van der Waals surface area contributed by atoms with Crippen molar-refractivity contribution in [3.05, 3.63) is 112 Å². The van der Waals surface area contributed by atoms with Crippen molar-refractivity contribution in [1.29, 1.82) is 10.5 Å². The third kappa shape index (κ3) is 4.74. The Morgan fingerprint density at radius 3 is 2.59 bits per heavy atom. The van der Waals surface area contributed by atoms with Crippen molar-refractivity contribution in [2.24, 2.45) is 5.10 Å². The number of fused-ring (bicyclic) bond motifs is 1. The molecule has 0 bridgehead atoms. The second kappa shape index (κ2) is 10.1. The van der Waals surface area contributed by atoms with Gasteiger partial charge in [0.05, 0.1) is 35.0 Å². The first kappa shape index (κ1) is 22.2. The number of nitrogens with zero attached hydrogens (tertiary/aromatic N) is 3. The molecule has 0 spiro atoms. The van der Waals surface area contributed by atoms with Gasteiger partial charge in [-0.05, 0) is 41.1 Å². The summed E-state index contributed by atoms with van der Waals surface area (Å²) in [6.45, 7) is 0.172. The number of nitriles is 2. The number of carbonyl (C=O) groups excluding carboxylic acids is 1. The summed E-state index contributed by atoms with van der Waals surface area (Å²) in [6, 6.07) is 26.0. The van der Waals surface area contributed by atoms with Crippen LogP contribution in [0.5, 0.6) is 5.75 Å². The summed E-state index contributed by atoms with van der Waals surface area (Å²) in [5, 5.41) is 24.0. The Kier molecular flexibility index (Phi) is 6.58. The maximum atomic E-state index is 14.1. The molecular weight excluding hydrogens is 431 g/mol. The monoisotopic (exact) mass is 448 g/mol. The van der Waals surface area contributed by atoms with E-state index in [0.717, 1.165) is 22.4 Å². The van der Waals surface area contributed by atoms with Gasteiger partial charge < -0.3 is 4.74 Å². The van der Waals surface area contributed by atoms with Crippen LogP contribution in [0.15, 0.2) is 84.0 Å². The number of hydrogen-bond donors (Lipinski definition) is 1. The number of benzene rings is 4. The molecule has 34 heavy (non-hydrogen) atoms. The van der Waals surface area contributed by atoms with Crippen LogP contribution in [0, 0.1) is 28.5 Å². The van der Waals surface area contributed by atoms with Gasteiger partial charge >= 0.3 is 0 Å². The highest BCUT2D eigenvalue weighted by Gasteiger charge is 2.13. The summed E-state index contributed by atoms with van der Waals surface area (Å²) < 4.78 is 20.1. The number of hydrogen-bond acceptors (Lipinski definition) is 5. The molecule has 4 aromatic rings. The molecule has 0 aliphatic heterocycles. The van der Waals surface area contributed by atoms with Gasteiger partial charge in [0, 0.05) is 11.1 Å². The van der Waals surface area contributed by atoms with Crippen molar-refractivity contribution in [2.45, 2.75) is 6.61 Å². The molecule has 4 rings (SSSR count). The fraction of sp³-hybridized carbons (Fsp3) is 0.0370. The van der Waals surface area contributed by atoms with Gasteiger partial charge in [0.1, 0.15) is 18.2 Å². The largest absolute Gasteiger partial charge is 0.488 e. The van der Waals surface area contributed by atoms with Gasteiger partial charge in [-0.1, -0.05) is 48.5 Å². The summed E-state index contributed by atoms with van der Waals surface area (Å²) >= 11 is 0. The van der Waals surface area contributed by atoms with Gasteiger partial charge in [-0.15, -0.1) is 0 Å². The minimum Gasteiger partial charge on any atom is -0.488 e. The number of carbonyl (C=O) groups is 1. The number of halogens is 1. The van der Waals surface area contributed by atoms with E-state index in [4.69, 9.17) is 10.00 Å². The van der Waals surface area contributed by atoms with Crippen LogP contribution in [0.25, 0.3) is 10.8 Å². The Morgan fingerprint density at radius 1 is 1.00 bits per heavy atom. The zero-order valence-corrected chi connectivity index (χ0v) is 17.8. The third-order valence-electron chi connectivity index (χ3n) is 5.15.